The third kappa shape index (κ3) is 6.81. The van der Waals surface area contributed by atoms with Crippen molar-refractivity contribution in [2.24, 2.45) is 0 Å². The van der Waals surface area contributed by atoms with Crippen LogP contribution >= 0.6 is 0 Å². The predicted octanol–water partition coefficient (Wildman–Crippen LogP) is 1.58. The predicted molar refractivity (Wildman–Crippen MR) is 97.7 cm³/mol. The van der Waals surface area contributed by atoms with E-state index in [1.165, 1.54) is 24.3 Å². The molecule has 138 valence electrons. The molecule has 9 heteroatoms. The Bertz CT molecular complexity index is 852. The average molecular weight is 377 g/mol. The molecule has 2 aromatic carbocycles. The summed E-state index contributed by atoms with van der Waals surface area (Å²) in [5.41, 5.74) is 0.741. The van der Waals surface area contributed by atoms with E-state index in [0.29, 0.717) is 17.0 Å². The van der Waals surface area contributed by atoms with Crippen LogP contribution in [0.1, 0.15) is 10.4 Å². The Morgan fingerprint density at radius 3 is 2.15 bits per heavy atom. The van der Waals surface area contributed by atoms with Gasteiger partial charge in [-0.05, 0) is 36.4 Å². The number of hydrogen-bond donors (Lipinski definition) is 3. The summed E-state index contributed by atoms with van der Waals surface area (Å²) in [6, 6.07) is 14.6. The molecule has 0 aliphatic carbocycles. The lowest BCUT2D eigenvalue weighted by atomic mass is 10.2. The molecule has 2 rings (SSSR count). The summed E-state index contributed by atoms with van der Waals surface area (Å²) in [4.78, 5) is 23.6. The molecule has 0 radical (unpaired) electrons. The fourth-order valence-corrected chi connectivity index (χ4v) is 2.54. The van der Waals surface area contributed by atoms with Crippen LogP contribution in [0.25, 0.3) is 0 Å². The molecule has 0 aliphatic rings. The number of carbonyl (C=O) groups is 2. The second-order valence-electron chi connectivity index (χ2n) is 5.34. The van der Waals surface area contributed by atoms with Crippen molar-refractivity contribution in [3.05, 3.63) is 60.2 Å². The Morgan fingerprint density at radius 2 is 1.54 bits per heavy atom. The normalized spacial score (nSPS) is 10.7. The van der Waals surface area contributed by atoms with Gasteiger partial charge in [-0.15, -0.1) is 0 Å². The van der Waals surface area contributed by atoms with Crippen LogP contribution in [0.2, 0.25) is 0 Å². The number of benzene rings is 2. The lowest BCUT2D eigenvalue weighted by molar-refractivity contribution is 0.0953. The van der Waals surface area contributed by atoms with Crippen LogP contribution in [0.3, 0.4) is 0 Å². The van der Waals surface area contributed by atoms with Crippen LogP contribution in [0.15, 0.2) is 54.6 Å². The Kier molecular flexibility index (Phi) is 6.56. The second kappa shape index (κ2) is 8.86. The van der Waals surface area contributed by atoms with Gasteiger partial charge in [0.05, 0.1) is 6.26 Å². The van der Waals surface area contributed by atoms with Crippen LogP contribution < -0.4 is 20.1 Å². The maximum Gasteiger partial charge on any atom is 0.412 e. The number of sulfonamides is 1. The van der Waals surface area contributed by atoms with E-state index in [2.05, 4.69) is 15.4 Å². The van der Waals surface area contributed by atoms with E-state index in [9.17, 15) is 18.0 Å². The van der Waals surface area contributed by atoms with Crippen molar-refractivity contribution in [3.8, 4) is 5.75 Å². The van der Waals surface area contributed by atoms with E-state index in [-0.39, 0.29) is 19.0 Å². The first-order chi connectivity index (χ1) is 12.3. The van der Waals surface area contributed by atoms with Gasteiger partial charge in [0, 0.05) is 24.3 Å². The third-order valence-electron chi connectivity index (χ3n) is 3.08. The number of amides is 2. The molecule has 0 unspecified atom stereocenters. The molecule has 0 saturated carbocycles. The van der Waals surface area contributed by atoms with Crippen molar-refractivity contribution in [1.29, 1.82) is 0 Å². The lowest BCUT2D eigenvalue weighted by Gasteiger charge is -2.08. The Labute approximate surface area is 151 Å². The first-order valence-corrected chi connectivity index (χ1v) is 9.59. The van der Waals surface area contributed by atoms with Gasteiger partial charge in [0.15, 0.2) is 0 Å². The highest BCUT2D eigenvalue weighted by atomic mass is 32.2. The summed E-state index contributed by atoms with van der Waals surface area (Å²) < 4.78 is 29.6. The second-order valence-corrected chi connectivity index (χ2v) is 7.09. The van der Waals surface area contributed by atoms with Gasteiger partial charge < -0.3 is 15.4 Å². The van der Waals surface area contributed by atoms with E-state index in [1.54, 1.807) is 24.3 Å². The van der Waals surface area contributed by atoms with Gasteiger partial charge >= 0.3 is 6.09 Å². The summed E-state index contributed by atoms with van der Waals surface area (Å²) in [6.07, 6.45) is 0.435. The molecule has 8 nitrogen and oxygen atoms in total. The summed E-state index contributed by atoms with van der Waals surface area (Å²) in [5, 5.41) is 5.16. The van der Waals surface area contributed by atoms with Crippen molar-refractivity contribution in [2.45, 2.75) is 0 Å². The van der Waals surface area contributed by atoms with E-state index >= 15 is 0 Å². The number of rotatable bonds is 7. The fourth-order valence-electron chi connectivity index (χ4n) is 1.98. The summed E-state index contributed by atoms with van der Waals surface area (Å²) >= 11 is 0. The van der Waals surface area contributed by atoms with Gasteiger partial charge in [0.1, 0.15) is 5.75 Å². The zero-order valence-electron chi connectivity index (χ0n) is 14.1. The van der Waals surface area contributed by atoms with Crippen LogP contribution in [0.4, 0.5) is 10.5 Å². The summed E-state index contributed by atoms with van der Waals surface area (Å²) in [6.45, 7) is 0.414. The average Bonchev–Trinajstić information content (AvgIpc) is 2.58. The smallest absolute Gasteiger partial charge is 0.410 e. The minimum atomic E-state index is -3.36. The zero-order chi connectivity index (χ0) is 19.0. The van der Waals surface area contributed by atoms with Crippen LogP contribution in [0, 0.1) is 0 Å². The zero-order valence-corrected chi connectivity index (χ0v) is 14.9. The molecule has 26 heavy (non-hydrogen) atoms. The van der Waals surface area contributed by atoms with Gasteiger partial charge in [-0.3, -0.25) is 9.52 Å². The van der Waals surface area contributed by atoms with Crippen molar-refractivity contribution in [2.75, 3.05) is 24.1 Å². The first-order valence-electron chi connectivity index (χ1n) is 7.70. The number of hydrogen-bond acceptors (Lipinski definition) is 5. The number of nitrogens with one attached hydrogen (secondary N) is 3. The highest BCUT2D eigenvalue weighted by Gasteiger charge is 2.07. The summed E-state index contributed by atoms with van der Waals surface area (Å²) in [7, 11) is -3.36. The molecule has 0 aromatic heterocycles. The highest BCUT2D eigenvalue weighted by Crippen LogP contribution is 2.11. The van der Waals surface area contributed by atoms with Crippen LogP contribution in [-0.2, 0) is 10.0 Å². The SMILES string of the molecule is CS(=O)(=O)Nc1ccc(C(=O)NCCNC(=O)Oc2ccccc2)cc1. The lowest BCUT2D eigenvalue weighted by Crippen LogP contribution is -2.36. The molecule has 0 aliphatic heterocycles. The molecule has 0 atom stereocenters. The van der Waals surface area contributed by atoms with Gasteiger partial charge in [-0.25, -0.2) is 13.2 Å². The molecule has 0 fully saturated rings. The minimum absolute atomic E-state index is 0.200. The van der Waals surface area contributed by atoms with E-state index in [0.717, 1.165) is 6.26 Å². The minimum Gasteiger partial charge on any atom is -0.410 e. The molecular formula is C17H19N3O5S. The highest BCUT2D eigenvalue weighted by molar-refractivity contribution is 7.92. The largest absolute Gasteiger partial charge is 0.412 e. The number of anilines is 1. The topological polar surface area (TPSA) is 114 Å². The quantitative estimate of drug-likeness (QED) is 0.634. The molecule has 0 heterocycles. The molecule has 2 aromatic rings. The third-order valence-corrected chi connectivity index (χ3v) is 3.69. The van der Waals surface area contributed by atoms with E-state index in [1.807, 2.05) is 6.07 Å². The number of para-hydroxylation sites is 1. The molecule has 0 bridgehead atoms. The molecule has 3 N–H and O–H groups in total. The Morgan fingerprint density at radius 1 is 0.923 bits per heavy atom. The Balaban J connectivity index is 1.72. The van der Waals surface area contributed by atoms with Gasteiger partial charge in [0.2, 0.25) is 10.0 Å². The van der Waals surface area contributed by atoms with Gasteiger partial charge in [-0.1, -0.05) is 18.2 Å². The van der Waals surface area contributed by atoms with Crippen LogP contribution in [-0.4, -0.2) is 39.8 Å². The first kappa shape index (κ1) is 19.3. The maximum atomic E-state index is 12.0. The van der Waals surface area contributed by atoms with E-state index in [4.69, 9.17) is 4.74 Å². The van der Waals surface area contributed by atoms with Crippen molar-refractivity contribution in [1.82, 2.24) is 10.6 Å². The number of ether oxygens (including phenoxy) is 1. The monoisotopic (exact) mass is 377 g/mol. The Hall–Kier alpha value is -3.07. The maximum absolute atomic E-state index is 12.0. The van der Waals surface area contributed by atoms with Gasteiger partial charge in [-0.2, -0.15) is 0 Å². The van der Waals surface area contributed by atoms with Crippen molar-refractivity contribution >= 4 is 27.7 Å². The molecule has 0 saturated heterocycles. The number of carbonyl (C=O) groups excluding carboxylic acids is 2. The fraction of sp³-hybridized carbons (Fsp3) is 0.176. The van der Waals surface area contributed by atoms with Crippen LogP contribution in [0.5, 0.6) is 5.75 Å². The van der Waals surface area contributed by atoms with Crippen molar-refractivity contribution in [3.63, 3.8) is 0 Å². The standard InChI is InChI=1S/C17H19N3O5S/c1-26(23,24)20-14-9-7-13(8-10-14)16(21)18-11-12-19-17(22)25-15-5-3-2-4-6-15/h2-10,20H,11-12H2,1H3,(H,18,21)(H,19,22). The molecular weight excluding hydrogens is 358 g/mol. The van der Waals surface area contributed by atoms with Crippen molar-refractivity contribution < 1.29 is 22.7 Å². The van der Waals surface area contributed by atoms with Gasteiger partial charge in [0.25, 0.3) is 5.91 Å². The summed E-state index contributed by atoms with van der Waals surface area (Å²) in [5.74, 6) is 0.0889. The molecule has 2 amide bonds. The molecule has 0 spiro atoms. The van der Waals surface area contributed by atoms with E-state index < -0.39 is 16.1 Å².